The second-order valence-electron chi connectivity index (χ2n) is 5.64. The van der Waals surface area contributed by atoms with Crippen LogP contribution in [0.3, 0.4) is 0 Å². The number of aromatic nitrogens is 2. The molecule has 1 aliphatic heterocycles. The van der Waals surface area contributed by atoms with Crippen LogP contribution in [0.2, 0.25) is 0 Å². The van der Waals surface area contributed by atoms with Gasteiger partial charge in [-0.15, -0.1) is 0 Å². The molecule has 0 saturated heterocycles. The van der Waals surface area contributed by atoms with Crippen LogP contribution in [0.15, 0.2) is 30.5 Å². The molecule has 0 fully saturated rings. The van der Waals surface area contributed by atoms with Crippen molar-refractivity contribution in [2.24, 2.45) is 7.05 Å². The third-order valence-electron chi connectivity index (χ3n) is 4.03. The van der Waals surface area contributed by atoms with Crippen LogP contribution < -0.4 is 10.1 Å². The van der Waals surface area contributed by atoms with Crippen molar-refractivity contribution in [3.8, 4) is 5.75 Å². The fourth-order valence-corrected chi connectivity index (χ4v) is 2.84. The maximum absolute atomic E-state index is 12.6. The molecule has 6 heteroatoms. The summed E-state index contributed by atoms with van der Waals surface area (Å²) in [6.45, 7) is 1.13. The maximum Gasteiger partial charge on any atom is 0.251 e. The van der Waals surface area contributed by atoms with Gasteiger partial charge < -0.3 is 14.8 Å². The van der Waals surface area contributed by atoms with Crippen LogP contribution in [0.4, 0.5) is 0 Å². The monoisotopic (exact) mass is 315 g/mol. The first-order valence-corrected chi connectivity index (χ1v) is 7.72. The first kappa shape index (κ1) is 15.6. The van der Waals surface area contributed by atoms with Gasteiger partial charge in [0.2, 0.25) is 0 Å². The zero-order chi connectivity index (χ0) is 16.2. The van der Waals surface area contributed by atoms with E-state index in [1.807, 2.05) is 25.2 Å². The van der Waals surface area contributed by atoms with Gasteiger partial charge in [0.25, 0.3) is 5.91 Å². The van der Waals surface area contributed by atoms with E-state index in [1.165, 1.54) is 0 Å². The molecule has 0 radical (unpaired) electrons. The Bertz CT molecular complexity index is 696. The molecule has 122 valence electrons. The van der Waals surface area contributed by atoms with Gasteiger partial charge in [0.1, 0.15) is 5.75 Å². The fourth-order valence-electron chi connectivity index (χ4n) is 2.84. The van der Waals surface area contributed by atoms with E-state index >= 15 is 0 Å². The molecule has 3 rings (SSSR count). The highest BCUT2D eigenvalue weighted by Gasteiger charge is 2.20. The van der Waals surface area contributed by atoms with Gasteiger partial charge in [0.05, 0.1) is 24.9 Å². The number of nitrogens with zero attached hydrogens (tertiary/aromatic N) is 2. The third-order valence-corrected chi connectivity index (χ3v) is 4.03. The number of aryl methyl sites for hydroxylation is 2. The van der Waals surface area contributed by atoms with Gasteiger partial charge in [-0.25, -0.2) is 0 Å². The zero-order valence-electron chi connectivity index (χ0n) is 13.4. The van der Waals surface area contributed by atoms with E-state index in [2.05, 4.69) is 10.4 Å². The van der Waals surface area contributed by atoms with E-state index in [0.29, 0.717) is 12.2 Å². The average molecular weight is 315 g/mol. The van der Waals surface area contributed by atoms with Crippen molar-refractivity contribution >= 4 is 5.91 Å². The molecule has 0 aliphatic carbocycles. The number of hydrogen-bond acceptors (Lipinski definition) is 4. The molecule has 0 bridgehead atoms. The number of rotatable bonds is 5. The largest absolute Gasteiger partial charge is 0.493 e. The van der Waals surface area contributed by atoms with Crippen molar-refractivity contribution in [1.82, 2.24) is 15.1 Å². The molecular formula is C17H21N3O3. The van der Waals surface area contributed by atoms with Crippen molar-refractivity contribution in [3.05, 3.63) is 47.3 Å². The van der Waals surface area contributed by atoms with Gasteiger partial charge in [-0.05, 0) is 42.7 Å². The lowest BCUT2D eigenvalue weighted by molar-refractivity contribution is 0.0892. The van der Waals surface area contributed by atoms with Gasteiger partial charge in [-0.2, -0.15) is 5.10 Å². The molecule has 23 heavy (non-hydrogen) atoms. The third kappa shape index (κ3) is 3.37. The first-order valence-electron chi connectivity index (χ1n) is 7.72. The quantitative estimate of drug-likeness (QED) is 0.915. The van der Waals surface area contributed by atoms with Crippen LogP contribution in [0, 0.1) is 0 Å². The van der Waals surface area contributed by atoms with Crippen LogP contribution in [0.1, 0.15) is 34.1 Å². The molecule has 6 nitrogen and oxygen atoms in total. The summed E-state index contributed by atoms with van der Waals surface area (Å²) >= 11 is 0. The van der Waals surface area contributed by atoms with Crippen LogP contribution in [0.5, 0.6) is 5.75 Å². The number of carbonyl (C=O) groups excluding carboxylic acids is 1. The van der Waals surface area contributed by atoms with Crippen molar-refractivity contribution in [1.29, 1.82) is 0 Å². The van der Waals surface area contributed by atoms with Crippen LogP contribution >= 0.6 is 0 Å². The number of methoxy groups -OCH3 is 1. The highest BCUT2D eigenvalue weighted by atomic mass is 16.5. The summed E-state index contributed by atoms with van der Waals surface area (Å²) in [5.41, 5.74) is 2.63. The maximum atomic E-state index is 12.6. The Morgan fingerprint density at radius 1 is 1.48 bits per heavy atom. The van der Waals surface area contributed by atoms with Gasteiger partial charge in [0.15, 0.2) is 0 Å². The Morgan fingerprint density at radius 3 is 3.09 bits per heavy atom. The number of hydrogen-bond donors (Lipinski definition) is 1. The normalized spacial score (nSPS) is 14.7. The Labute approximate surface area is 135 Å². The van der Waals surface area contributed by atoms with Crippen LogP contribution in [0.25, 0.3) is 0 Å². The first-order chi connectivity index (χ1) is 11.2. The van der Waals surface area contributed by atoms with E-state index < -0.39 is 0 Å². The molecule has 1 aromatic heterocycles. The van der Waals surface area contributed by atoms with Crippen molar-refractivity contribution in [2.75, 3.05) is 20.3 Å². The lowest BCUT2D eigenvalue weighted by Gasteiger charge is -2.20. The number of amides is 1. The SMILES string of the molecule is COC[C@H](NC(=O)c1ccc2c(c1)CCCO2)c1ccnn1C. The van der Waals surface area contributed by atoms with Gasteiger partial charge in [0, 0.05) is 25.9 Å². The minimum absolute atomic E-state index is 0.123. The molecule has 0 spiro atoms. The molecule has 0 unspecified atom stereocenters. The summed E-state index contributed by atoms with van der Waals surface area (Å²) in [4.78, 5) is 12.6. The highest BCUT2D eigenvalue weighted by Crippen LogP contribution is 2.25. The predicted molar refractivity (Wildman–Crippen MR) is 85.5 cm³/mol. The molecule has 0 saturated carbocycles. The summed E-state index contributed by atoms with van der Waals surface area (Å²) < 4.78 is 12.6. The summed E-state index contributed by atoms with van der Waals surface area (Å²) in [7, 11) is 3.46. The summed E-state index contributed by atoms with van der Waals surface area (Å²) in [5, 5.41) is 7.17. The summed E-state index contributed by atoms with van der Waals surface area (Å²) in [6.07, 6.45) is 3.64. The molecular weight excluding hydrogens is 294 g/mol. The lowest BCUT2D eigenvalue weighted by Crippen LogP contribution is -2.32. The Hall–Kier alpha value is -2.34. The molecule has 2 heterocycles. The van der Waals surface area contributed by atoms with Crippen LogP contribution in [-0.2, 0) is 18.2 Å². The zero-order valence-corrected chi connectivity index (χ0v) is 13.4. The summed E-state index contributed by atoms with van der Waals surface area (Å²) in [6, 6.07) is 7.22. The van der Waals surface area contributed by atoms with E-state index in [0.717, 1.165) is 36.5 Å². The highest BCUT2D eigenvalue weighted by molar-refractivity contribution is 5.94. The second-order valence-corrected chi connectivity index (χ2v) is 5.64. The Morgan fingerprint density at radius 2 is 2.35 bits per heavy atom. The summed E-state index contributed by atoms with van der Waals surface area (Å²) in [5.74, 6) is 0.759. The van der Waals surface area contributed by atoms with Gasteiger partial charge in [-0.3, -0.25) is 9.48 Å². The molecule has 1 atom stereocenters. The number of carbonyl (C=O) groups is 1. The standard InChI is InChI=1S/C17H21N3O3/c1-20-15(7-8-18-20)14(11-22-2)19-17(21)13-5-6-16-12(10-13)4-3-9-23-16/h5-8,10,14H,3-4,9,11H2,1-2H3,(H,19,21)/t14-/m0/s1. The smallest absolute Gasteiger partial charge is 0.251 e. The Kier molecular flexibility index (Phi) is 4.62. The minimum Gasteiger partial charge on any atom is -0.493 e. The molecule has 1 N–H and O–H groups in total. The number of ether oxygens (including phenoxy) is 2. The Balaban J connectivity index is 1.78. The predicted octanol–water partition coefficient (Wildman–Crippen LogP) is 1.86. The molecule has 1 aliphatic rings. The number of fused-ring (bicyclic) bond motifs is 1. The lowest BCUT2D eigenvalue weighted by atomic mass is 10.0. The van der Waals surface area contributed by atoms with Crippen LogP contribution in [-0.4, -0.2) is 36.0 Å². The minimum atomic E-state index is -0.243. The van der Waals surface area contributed by atoms with Crippen molar-refractivity contribution < 1.29 is 14.3 Å². The van der Waals surface area contributed by atoms with E-state index in [9.17, 15) is 4.79 Å². The van der Waals surface area contributed by atoms with E-state index in [-0.39, 0.29) is 11.9 Å². The average Bonchev–Trinajstić information content (AvgIpc) is 3.00. The van der Waals surface area contributed by atoms with Crippen molar-refractivity contribution in [3.63, 3.8) is 0 Å². The molecule has 1 amide bonds. The van der Waals surface area contributed by atoms with E-state index in [1.54, 1.807) is 24.1 Å². The fraction of sp³-hybridized carbons (Fsp3) is 0.412. The topological polar surface area (TPSA) is 65.4 Å². The van der Waals surface area contributed by atoms with Gasteiger partial charge in [-0.1, -0.05) is 0 Å². The molecule has 2 aromatic rings. The second kappa shape index (κ2) is 6.83. The number of benzene rings is 1. The van der Waals surface area contributed by atoms with Crippen molar-refractivity contribution in [2.45, 2.75) is 18.9 Å². The van der Waals surface area contributed by atoms with E-state index in [4.69, 9.17) is 9.47 Å². The molecule has 1 aromatic carbocycles. The van der Waals surface area contributed by atoms with Gasteiger partial charge >= 0.3 is 0 Å². The number of nitrogens with one attached hydrogen (secondary N) is 1.